The largest absolute Gasteiger partial charge is 0.309 e. The van der Waals surface area contributed by atoms with Gasteiger partial charge in [0.05, 0.1) is 67.0 Å². The Kier molecular flexibility index (Phi) is 6.49. The molecule has 0 amide bonds. The molecule has 0 bridgehead atoms. The Morgan fingerprint density at radius 3 is 1.43 bits per heavy atom. The van der Waals surface area contributed by atoms with Crippen LogP contribution in [0.2, 0.25) is 39.3 Å². The quantitative estimate of drug-likeness (QED) is 0.176. The summed E-state index contributed by atoms with van der Waals surface area (Å²) >= 11 is 0. The molecule has 3 aromatic heterocycles. The van der Waals surface area contributed by atoms with E-state index in [2.05, 4.69) is 163 Å². The second-order valence-electron chi connectivity index (χ2n) is 14.7. The molecule has 0 N–H and O–H groups in total. The van der Waals surface area contributed by atoms with Gasteiger partial charge in [-0.25, -0.2) is 4.68 Å². The van der Waals surface area contributed by atoms with Gasteiger partial charge in [0.2, 0.25) is 0 Å². The van der Waals surface area contributed by atoms with Gasteiger partial charge in [0.25, 0.3) is 0 Å². The van der Waals surface area contributed by atoms with Gasteiger partial charge in [0.1, 0.15) is 6.07 Å². The molecule has 230 valence electrons. The number of nitrogens with zero attached hydrogens (tertiary/aromatic N) is 5. The lowest BCUT2D eigenvalue weighted by Crippen LogP contribution is -2.37. The van der Waals surface area contributed by atoms with Crippen molar-refractivity contribution in [2.24, 2.45) is 0 Å². The third kappa shape index (κ3) is 4.75. The van der Waals surface area contributed by atoms with Gasteiger partial charge < -0.3 is 9.13 Å². The molecule has 0 saturated heterocycles. The fraction of sp³-hybridized carbons (Fsp3) is 0.150. The predicted octanol–water partition coefficient (Wildman–Crippen LogP) is 9.03. The highest BCUT2D eigenvalue weighted by Crippen LogP contribution is 2.36. The molecule has 0 saturated carbocycles. The summed E-state index contributed by atoms with van der Waals surface area (Å²) in [5, 5.41) is 22.2. The molecule has 0 unspecified atom stereocenters. The van der Waals surface area contributed by atoms with Crippen LogP contribution < -0.4 is 10.4 Å². The van der Waals surface area contributed by atoms with Crippen LogP contribution in [-0.2, 0) is 0 Å². The van der Waals surface area contributed by atoms with Crippen LogP contribution in [0.25, 0.3) is 60.7 Å². The van der Waals surface area contributed by atoms with Gasteiger partial charge >= 0.3 is 0 Å². The van der Waals surface area contributed by atoms with Crippen LogP contribution in [0.4, 0.5) is 0 Å². The summed E-state index contributed by atoms with van der Waals surface area (Å²) in [5.41, 5.74) is 8.20. The van der Waals surface area contributed by atoms with E-state index in [4.69, 9.17) is 0 Å². The fourth-order valence-corrected chi connectivity index (χ4v) is 9.25. The highest BCUT2D eigenvalue weighted by Gasteiger charge is 2.22. The molecule has 0 aliphatic rings. The molecular formula is C40H37N5Si2. The zero-order chi connectivity index (χ0) is 32.7. The molecule has 0 fully saturated rings. The number of aromatic nitrogens is 4. The van der Waals surface area contributed by atoms with E-state index < -0.39 is 16.1 Å². The number of fused-ring (bicyclic) bond motifs is 6. The second-order valence-corrected chi connectivity index (χ2v) is 24.8. The Morgan fingerprint density at radius 2 is 0.979 bits per heavy atom. The van der Waals surface area contributed by atoms with E-state index in [1.54, 1.807) is 12.4 Å². The normalized spacial score (nSPS) is 12.4. The van der Waals surface area contributed by atoms with Crippen molar-refractivity contribution < 1.29 is 0 Å². The van der Waals surface area contributed by atoms with Crippen LogP contribution in [0.3, 0.4) is 0 Å². The summed E-state index contributed by atoms with van der Waals surface area (Å²) in [5.74, 6) is 0. The summed E-state index contributed by atoms with van der Waals surface area (Å²) in [7, 11) is -3.05. The Hall–Kier alpha value is -5.17. The van der Waals surface area contributed by atoms with Crippen molar-refractivity contribution in [3.8, 4) is 23.1 Å². The van der Waals surface area contributed by atoms with E-state index in [0.717, 1.165) is 17.1 Å². The number of hydrogen-bond acceptors (Lipinski definition) is 2. The van der Waals surface area contributed by atoms with Gasteiger partial charge in [0, 0.05) is 27.7 Å². The molecule has 8 aromatic rings. The zero-order valence-electron chi connectivity index (χ0n) is 27.7. The molecule has 0 spiro atoms. The molecule has 5 nitrogen and oxygen atoms in total. The van der Waals surface area contributed by atoms with Crippen molar-refractivity contribution >= 4 is 70.1 Å². The summed E-state index contributed by atoms with van der Waals surface area (Å²) in [4.78, 5) is 0. The lowest BCUT2D eigenvalue weighted by molar-refractivity contribution is 0.876. The van der Waals surface area contributed by atoms with Crippen molar-refractivity contribution in [1.82, 2.24) is 18.9 Å². The maximum Gasteiger partial charge on any atom is 0.102 e. The van der Waals surface area contributed by atoms with Crippen LogP contribution in [0.1, 0.15) is 5.56 Å². The third-order valence-corrected chi connectivity index (χ3v) is 13.5. The van der Waals surface area contributed by atoms with E-state index in [1.807, 2.05) is 4.68 Å². The van der Waals surface area contributed by atoms with E-state index in [-0.39, 0.29) is 0 Å². The van der Waals surface area contributed by atoms with Gasteiger partial charge in [-0.05, 0) is 42.5 Å². The maximum atomic E-state index is 9.63. The monoisotopic (exact) mass is 643 g/mol. The van der Waals surface area contributed by atoms with E-state index >= 15 is 0 Å². The lowest BCUT2D eigenvalue weighted by Gasteiger charge is -2.18. The van der Waals surface area contributed by atoms with Gasteiger partial charge in [-0.2, -0.15) is 10.4 Å². The number of nitriles is 1. The van der Waals surface area contributed by atoms with Crippen molar-refractivity contribution in [1.29, 1.82) is 5.26 Å². The first-order valence-electron chi connectivity index (χ1n) is 16.2. The highest BCUT2D eigenvalue weighted by atomic mass is 28.3. The smallest absolute Gasteiger partial charge is 0.102 e. The molecule has 0 atom stereocenters. The summed E-state index contributed by atoms with van der Waals surface area (Å²) in [6.07, 6.45) is 3.43. The fourth-order valence-electron chi connectivity index (χ4n) is 6.93. The van der Waals surface area contributed by atoms with Gasteiger partial charge in [-0.1, -0.05) is 110 Å². The van der Waals surface area contributed by atoms with Crippen LogP contribution >= 0.6 is 0 Å². The minimum atomic E-state index is -1.52. The average molecular weight is 644 g/mol. The first-order valence-corrected chi connectivity index (χ1v) is 23.2. The van der Waals surface area contributed by atoms with E-state index in [9.17, 15) is 5.26 Å². The van der Waals surface area contributed by atoms with E-state index in [1.165, 1.54) is 54.0 Å². The minimum Gasteiger partial charge on any atom is -0.309 e. The predicted molar refractivity (Wildman–Crippen MR) is 203 cm³/mol. The molecule has 47 heavy (non-hydrogen) atoms. The summed E-state index contributed by atoms with van der Waals surface area (Å²) < 4.78 is 6.59. The number of para-hydroxylation sites is 2. The average Bonchev–Trinajstić information content (AvgIpc) is 3.76. The highest BCUT2D eigenvalue weighted by molar-refractivity contribution is 6.89. The van der Waals surface area contributed by atoms with Crippen LogP contribution in [0.15, 0.2) is 116 Å². The standard InChI is InChI=1S/C40H37N5Si2/c1-46(2,3)31-15-17-39-35(22-31)33-11-7-9-13-37(33)44(39)29-19-28(43-26-27(24-41)25-42-43)20-30(21-29)45-38-14-10-8-12-34(38)36-23-32(47(4,5)6)16-18-40(36)45/h7-23,25-26H,1-6H3. The number of rotatable bonds is 5. The first kappa shape index (κ1) is 29.2. The summed E-state index contributed by atoms with van der Waals surface area (Å²) in [6, 6.07) is 40.4. The van der Waals surface area contributed by atoms with Gasteiger partial charge in [0.15, 0.2) is 0 Å². The molecule has 0 aliphatic heterocycles. The topological polar surface area (TPSA) is 51.5 Å². The second kappa shape index (κ2) is 10.4. The summed E-state index contributed by atoms with van der Waals surface area (Å²) in [6.45, 7) is 14.4. The number of hydrogen-bond donors (Lipinski definition) is 0. The Labute approximate surface area is 276 Å². The van der Waals surface area contributed by atoms with Crippen molar-refractivity contribution in [3.05, 3.63) is 121 Å². The third-order valence-electron chi connectivity index (χ3n) is 9.46. The Balaban J connectivity index is 1.47. The van der Waals surface area contributed by atoms with Crippen molar-refractivity contribution in [2.45, 2.75) is 39.3 Å². The molecule has 0 aliphatic carbocycles. The Bertz CT molecular complexity index is 2410. The van der Waals surface area contributed by atoms with Crippen molar-refractivity contribution in [3.63, 3.8) is 0 Å². The molecule has 7 heteroatoms. The van der Waals surface area contributed by atoms with Crippen molar-refractivity contribution in [2.75, 3.05) is 0 Å². The first-order chi connectivity index (χ1) is 22.5. The SMILES string of the molecule is C[Si](C)(C)c1ccc2c(c1)c1ccccc1n2-c1cc(-n2cc(C#N)cn2)cc(-n2c3ccccc3c3cc([Si](C)(C)C)ccc32)c1. The molecule has 3 heterocycles. The lowest BCUT2D eigenvalue weighted by atomic mass is 10.1. The number of benzene rings is 5. The molecule has 5 aromatic carbocycles. The van der Waals surface area contributed by atoms with Crippen LogP contribution in [-0.4, -0.2) is 35.1 Å². The zero-order valence-corrected chi connectivity index (χ0v) is 29.7. The van der Waals surface area contributed by atoms with Crippen LogP contribution in [0.5, 0.6) is 0 Å². The Morgan fingerprint density at radius 1 is 0.532 bits per heavy atom. The minimum absolute atomic E-state index is 0.531. The molecule has 8 rings (SSSR count). The van der Waals surface area contributed by atoms with Gasteiger partial charge in [-0.15, -0.1) is 0 Å². The molecular weight excluding hydrogens is 607 g/mol. The van der Waals surface area contributed by atoms with E-state index in [0.29, 0.717) is 5.56 Å². The van der Waals surface area contributed by atoms with Gasteiger partial charge in [-0.3, -0.25) is 0 Å². The van der Waals surface area contributed by atoms with Crippen LogP contribution in [0, 0.1) is 11.3 Å². The molecule has 0 radical (unpaired) electrons. The maximum absolute atomic E-state index is 9.63.